The zero-order valence-corrected chi connectivity index (χ0v) is 12.7. The van der Waals surface area contributed by atoms with E-state index in [0.29, 0.717) is 19.6 Å². The SMILES string of the molecule is CN1CCN(S(=O)(=O)c2cc(N)cc(F)c2)CC1(C)C. The number of nitrogen functional groups attached to an aromatic ring is 1. The molecule has 0 spiro atoms. The molecule has 0 unspecified atom stereocenters. The molecule has 2 rings (SSSR count). The lowest BCUT2D eigenvalue weighted by molar-refractivity contribution is 0.0801. The molecule has 7 heteroatoms. The molecule has 0 saturated carbocycles. The van der Waals surface area contributed by atoms with Crippen LogP contribution in [0.15, 0.2) is 23.1 Å². The second kappa shape index (κ2) is 4.98. The molecule has 20 heavy (non-hydrogen) atoms. The van der Waals surface area contributed by atoms with Gasteiger partial charge in [0.05, 0.1) is 4.90 Å². The van der Waals surface area contributed by atoms with Crippen molar-refractivity contribution in [1.29, 1.82) is 0 Å². The summed E-state index contributed by atoms with van der Waals surface area (Å²) in [6, 6.07) is 3.41. The summed E-state index contributed by atoms with van der Waals surface area (Å²) in [5.74, 6) is -0.642. The predicted molar refractivity (Wildman–Crippen MR) is 76.3 cm³/mol. The van der Waals surface area contributed by atoms with Crippen LogP contribution in [0.2, 0.25) is 0 Å². The van der Waals surface area contributed by atoms with Crippen LogP contribution in [-0.2, 0) is 10.0 Å². The molecule has 1 aromatic rings. The van der Waals surface area contributed by atoms with E-state index in [0.717, 1.165) is 12.1 Å². The summed E-state index contributed by atoms with van der Waals surface area (Å²) in [4.78, 5) is 2.02. The predicted octanol–water partition coefficient (Wildman–Crippen LogP) is 1.12. The summed E-state index contributed by atoms with van der Waals surface area (Å²) in [6.45, 7) is 5.35. The molecule has 0 aromatic heterocycles. The van der Waals surface area contributed by atoms with Crippen LogP contribution in [-0.4, -0.2) is 49.8 Å². The van der Waals surface area contributed by atoms with Gasteiger partial charge in [-0.25, -0.2) is 12.8 Å². The van der Waals surface area contributed by atoms with Crippen molar-refractivity contribution in [3.05, 3.63) is 24.0 Å². The maximum Gasteiger partial charge on any atom is 0.243 e. The van der Waals surface area contributed by atoms with Gasteiger partial charge < -0.3 is 5.73 Å². The average molecular weight is 301 g/mol. The lowest BCUT2D eigenvalue weighted by atomic mass is 10.0. The molecule has 0 amide bonds. The largest absolute Gasteiger partial charge is 0.399 e. The minimum atomic E-state index is -3.71. The molecule has 1 fully saturated rings. The van der Waals surface area contributed by atoms with Gasteiger partial charge in [0.1, 0.15) is 5.82 Å². The zero-order chi connectivity index (χ0) is 15.1. The van der Waals surface area contributed by atoms with Gasteiger partial charge in [0.15, 0.2) is 0 Å². The van der Waals surface area contributed by atoms with E-state index in [2.05, 4.69) is 4.90 Å². The smallest absolute Gasteiger partial charge is 0.243 e. The highest BCUT2D eigenvalue weighted by Gasteiger charge is 2.37. The van der Waals surface area contributed by atoms with Crippen LogP contribution in [0, 0.1) is 5.82 Å². The van der Waals surface area contributed by atoms with Crippen molar-refractivity contribution in [3.8, 4) is 0 Å². The van der Waals surface area contributed by atoms with E-state index < -0.39 is 15.8 Å². The Labute approximate surface area is 119 Å². The number of nitrogens with two attached hydrogens (primary N) is 1. The van der Waals surface area contributed by atoms with Crippen molar-refractivity contribution in [1.82, 2.24) is 9.21 Å². The lowest BCUT2D eigenvalue weighted by Crippen LogP contribution is -2.58. The number of rotatable bonds is 2. The third-order valence-electron chi connectivity index (χ3n) is 3.81. The van der Waals surface area contributed by atoms with Gasteiger partial charge in [-0.2, -0.15) is 4.31 Å². The van der Waals surface area contributed by atoms with Crippen molar-refractivity contribution in [3.63, 3.8) is 0 Å². The molecule has 1 saturated heterocycles. The van der Waals surface area contributed by atoms with Crippen molar-refractivity contribution in [2.75, 3.05) is 32.4 Å². The Kier molecular flexibility index (Phi) is 3.79. The molecule has 112 valence electrons. The number of hydrogen-bond acceptors (Lipinski definition) is 4. The lowest BCUT2D eigenvalue weighted by Gasteiger charge is -2.44. The van der Waals surface area contributed by atoms with Crippen molar-refractivity contribution < 1.29 is 12.8 Å². The van der Waals surface area contributed by atoms with Gasteiger partial charge in [-0.15, -0.1) is 0 Å². The molecule has 1 aliphatic rings. The maximum atomic E-state index is 13.4. The van der Waals surface area contributed by atoms with Crippen molar-refractivity contribution in [2.24, 2.45) is 0 Å². The summed E-state index contributed by atoms with van der Waals surface area (Å²) >= 11 is 0. The first-order valence-electron chi connectivity index (χ1n) is 6.40. The topological polar surface area (TPSA) is 66.6 Å². The monoisotopic (exact) mass is 301 g/mol. The minimum absolute atomic E-state index is 0.0876. The van der Waals surface area contributed by atoms with Gasteiger partial charge in [0.2, 0.25) is 10.0 Å². The third kappa shape index (κ3) is 2.79. The number of likely N-dealkylation sites (N-methyl/N-ethyl adjacent to an activating group) is 1. The van der Waals surface area contributed by atoms with Gasteiger partial charge in [-0.3, -0.25) is 4.90 Å². The third-order valence-corrected chi connectivity index (χ3v) is 5.64. The van der Waals surface area contributed by atoms with Crippen molar-refractivity contribution in [2.45, 2.75) is 24.3 Å². The minimum Gasteiger partial charge on any atom is -0.399 e. The first kappa shape index (κ1) is 15.2. The summed E-state index contributed by atoms with van der Waals surface area (Å²) < 4.78 is 39.9. The van der Waals surface area contributed by atoms with Crippen LogP contribution in [0.25, 0.3) is 0 Å². The van der Waals surface area contributed by atoms with Gasteiger partial charge >= 0.3 is 0 Å². The van der Waals surface area contributed by atoms with E-state index in [-0.39, 0.29) is 16.1 Å². The zero-order valence-electron chi connectivity index (χ0n) is 11.9. The van der Waals surface area contributed by atoms with Crippen LogP contribution in [0.1, 0.15) is 13.8 Å². The average Bonchev–Trinajstić information content (AvgIpc) is 2.31. The molecule has 0 atom stereocenters. The number of hydrogen-bond donors (Lipinski definition) is 1. The molecule has 5 nitrogen and oxygen atoms in total. The Morgan fingerprint density at radius 1 is 1.25 bits per heavy atom. The highest BCUT2D eigenvalue weighted by molar-refractivity contribution is 7.89. The highest BCUT2D eigenvalue weighted by atomic mass is 32.2. The number of halogens is 1. The van der Waals surface area contributed by atoms with Crippen molar-refractivity contribution >= 4 is 15.7 Å². The summed E-state index contributed by atoms with van der Waals surface area (Å²) in [7, 11) is -1.75. The second-order valence-electron chi connectivity index (χ2n) is 5.79. The molecule has 1 aliphatic heterocycles. The molecule has 1 aromatic carbocycles. The highest BCUT2D eigenvalue weighted by Crippen LogP contribution is 2.26. The van der Waals surface area contributed by atoms with Gasteiger partial charge in [-0.1, -0.05) is 0 Å². The summed E-state index contributed by atoms with van der Waals surface area (Å²) in [5.41, 5.74) is 5.38. The Bertz CT molecular complexity index is 596. The van der Waals surface area contributed by atoms with Crippen LogP contribution < -0.4 is 5.73 Å². The Morgan fingerprint density at radius 2 is 1.90 bits per heavy atom. The Morgan fingerprint density at radius 3 is 2.45 bits per heavy atom. The van der Waals surface area contributed by atoms with Crippen LogP contribution in [0.3, 0.4) is 0 Å². The fourth-order valence-corrected chi connectivity index (χ4v) is 3.94. The number of nitrogens with zero attached hydrogens (tertiary/aromatic N) is 2. The molecule has 0 radical (unpaired) electrons. The molecule has 0 bridgehead atoms. The van der Waals surface area contributed by atoms with E-state index in [1.54, 1.807) is 0 Å². The molecule has 1 heterocycles. The van der Waals surface area contributed by atoms with E-state index in [4.69, 9.17) is 5.73 Å². The fraction of sp³-hybridized carbons (Fsp3) is 0.538. The Hall–Kier alpha value is -1.18. The number of benzene rings is 1. The van der Waals surface area contributed by atoms with E-state index in [1.165, 1.54) is 10.4 Å². The summed E-state index contributed by atoms with van der Waals surface area (Å²) in [6.07, 6.45) is 0. The first-order valence-corrected chi connectivity index (χ1v) is 7.84. The number of piperazine rings is 1. The Balaban J connectivity index is 2.36. The van der Waals surface area contributed by atoms with Gasteiger partial charge in [0.25, 0.3) is 0 Å². The van der Waals surface area contributed by atoms with E-state index >= 15 is 0 Å². The van der Waals surface area contributed by atoms with Gasteiger partial charge in [0, 0.05) is 30.9 Å². The normalized spacial score (nSPS) is 21.0. The van der Waals surface area contributed by atoms with Gasteiger partial charge in [-0.05, 0) is 39.1 Å². The van der Waals surface area contributed by atoms with E-state index in [9.17, 15) is 12.8 Å². The molecular weight excluding hydrogens is 281 g/mol. The quantitative estimate of drug-likeness (QED) is 0.831. The van der Waals surface area contributed by atoms with E-state index in [1.807, 2.05) is 20.9 Å². The molecule has 2 N–H and O–H groups in total. The van der Waals surface area contributed by atoms with Crippen LogP contribution in [0.4, 0.5) is 10.1 Å². The molecular formula is C13H20FN3O2S. The fourth-order valence-electron chi connectivity index (χ4n) is 2.28. The summed E-state index contributed by atoms with van der Waals surface area (Å²) in [5, 5.41) is 0. The number of anilines is 1. The maximum absolute atomic E-state index is 13.4. The standard InChI is InChI=1S/C13H20FN3O2S/c1-13(2)9-17(5-4-16(13)3)20(18,19)12-7-10(14)6-11(15)8-12/h6-8H,4-5,9,15H2,1-3H3. The second-order valence-corrected chi connectivity index (χ2v) is 7.73. The number of sulfonamides is 1. The van der Waals surface area contributed by atoms with Crippen LogP contribution >= 0.6 is 0 Å². The molecule has 0 aliphatic carbocycles. The van der Waals surface area contributed by atoms with Crippen LogP contribution in [0.5, 0.6) is 0 Å². The first-order chi connectivity index (χ1) is 9.13.